The first-order valence-electron chi connectivity index (χ1n) is 6.21. The molecule has 0 fully saturated rings. The Hall–Kier alpha value is -2.21. The largest absolute Gasteiger partial charge is 0.324 e. The average Bonchev–Trinajstić information content (AvgIpc) is 2.89. The number of rotatable bonds is 6. The lowest BCUT2D eigenvalue weighted by atomic mass is 10.2. The van der Waals surface area contributed by atoms with Crippen molar-refractivity contribution >= 4 is 11.6 Å². The molecule has 2 rings (SSSR count). The third kappa shape index (κ3) is 4.18. The van der Waals surface area contributed by atoms with Crippen molar-refractivity contribution in [1.82, 2.24) is 20.3 Å². The molecule has 0 bridgehead atoms. The van der Waals surface area contributed by atoms with E-state index in [0.29, 0.717) is 0 Å². The zero-order chi connectivity index (χ0) is 13.5. The predicted molar refractivity (Wildman–Crippen MR) is 72.5 cm³/mol. The van der Waals surface area contributed by atoms with Crippen molar-refractivity contribution in [2.75, 3.05) is 11.9 Å². The van der Waals surface area contributed by atoms with Gasteiger partial charge < -0.3 is 10.6 Å². The molecule has 0 atom stereocenters. The molecule has 100 valence electrons. The van der Waals surface area contributed by atoms with Gasteiger partial charge in [-0.05, 0) is 24.2 Å². The van der Waals surface area contributed by atoms with Crippen LogP contribution in [0.5, 0.6) is 0 Å². The van der Waals surface area contributed by atoms with Gasteiger partial charge in [0.2, 0.25) is 5.91 Å². The van der Waals surface area contributed by atoms with Gasteiger partial charge in [0, 0.05) is 18.4 Å². The van der Waals surface area contributed by atoms with E-state index >= 15 is 0 Å². The van der Waals surface area contributed by atoms with Crippen LogP contribution in [0, 0.1) is 0 Å². The Balaban J connectivity index is 1.92. The molecule has 2 N–H and O–H groups in total. The van der Waals surface area contributed by atoms with Crippen LogP contribution in [0.4, 0.5) is 5.69 Å². The van der Waals surface area contributed by atoms with Crippen LogP contribution < -0.4 is 10.6 Å². The molecule has 1 amide bonds. The molecule has 6 heteroatoms. The van der Waals surface area contributed by atoms with Gasteiger partial charge in [-0.1, -0.05) is 24.3 Å². The molecule has 1 heterocycles. The molecule has 1 aromatic heterocycles. The fraction of sp³-hybridized carbons (Fsp3) is 0.308. The summed E-state index contributed by atoms with van der Waals surface area (Å²) < 4.78 is 1.48. The van der Waals surface area contributed by atoms with Crippen LogP contribution in [0.1, 0.15) is 12.5 Å². The number of hydrogen-bond donors (Lipinski definition) is 2. The van der Waals surface area contributed by atoms with Crippen LogP contribution in [0.2, 0.25) is 0 Å². The summed E-state index contributed by atoms with van der Waals surface area (Å²) in [5.74, 6) is -0.119. The Morgan fingerprint density at radius 2 is 2.32 bits per heavy atom. The first-order valence-corrected chi connectivity index (χ1v) is 6.21. The summed E-state index contributed by atoms with van der Waals surface area (Å²) in [6.07, 6.45) is 3.20. The van der Waals surface area contributed by atoms with Crippen molar-refractivity contribution in [2.45, 2.75) is 20.0 Å². The van der Waals surface area contributed by atoms with Gasteiger partial charge in [-0.15, -0.1) is 5.10 Å². The number of amides is 1. The molecule has 0 unspecified atom stereocenters. The summed E-state index contributed by atoms with van der Waals surface area (Å²) >= 11 is 0. The molecule has 0 saturated heterocycles. The Morgan fingerprint density at radius 1 is 1.42 bits per heavy atom. The summed E-state index contributed by atoms with van der Waals surface area (Å²) in [6, 6.07) is 7.78. The summed E-state index contributed by atoms with van der Waals surface area (Å²) in [6.45, 7) is 3.94. The maximum atomic E-state index is 11.8. The SMILES string of the molecule is CCNCc1cccc(NC(=O)Cn2ccnn2)c1. The van der Waals surface area contributed by atoms with E-state index in [1.165, 1.54) is 4.68 Å². The highest BCUT2D eigenvalue weighted by molar-refractivity contribution is 5.90. The van der Waals surface area contributed by atoms with Crippen LogP contribution in [0.25, 0.3) is 0 Å². The minimum Gasteiger partial charge on any atom is -0.324 e. The molecule has 1 aromatic carbocycles. The lowest BCUT2D eigenvalue weighted by Crippen LogP contribution is -2.19. The summed E-state index contributed by atoms with van der Waals surface area (Å²) in [7, 11) is 0. The number of carbonyl (C=O) groups is 1. The fourth-order valence-corrected chi connectivity index (χ4v) is 1.69. The smallest absolute Gasteiger partial charge is 0.246 e. The normalized spacial score (nSPS) is 10.4. The van der Waals surface area contributed by atoms with Crippen molar-refractivity contribution in [1.29, 1.82) is 0 Å². The number of carbonyl (C=O) groups excluding carboxylic acids is 1. The molecule has 0 aliphatic carbocycles. The van der Waals surface area contributed by atoms with Crippen molar-refractivity contribution in [2.24, 2.45) is 0 Å². The molecular formula is C13H17N5O. The summed E-state index contributed by atoms with van der Waals surface area (Å²) in [5.41, 5.74) is 1.93. The van der Waals surface area contributed by atoms with Gasteiger partial charge in [-0.3, -0.25) is 4.79 Å². The van der Waals surface area contributed by atoms with E-state index in [1.54, 1.807) is 12.4 Å². The number of benzene rings is 1. The number of hydrogen-bond acceptors (Lipinski definition) is 4. The highest BCUT2D eigenvalue weighted by Crippen LogP contribution is 2.10. The van der Waals surface area contributed by atoms with Gasteiger partial charge in [0.15, 0.2) is 0 Å². The zero-order valence-electron chi connectivity index (χ0n) is 10.8. The van der Waals surface area contributed by atoms with Crippen molar-refractivity contribution in [3.8, 4) is 0 Å². The van der Waals surface area contributed by atoms with Gasteiger partial charge in [0.1, 0.15) is 6.54 Å². The van der Waals surface area contributed by atoms with Crippen LogP contribution in [-0.2, 0) is 17.9 Å². The second-order valence-electron chi connectivity index (χ2n) is 4.13. The van der Waals surface area contributed by atoms with E-state index in [4.69, 9.17) is 0 Å². The molecule has 0 radical (unpaired) electrons. The standard InChI is InChI=1S/C13H17N5O/c1-2-14-9-11-4-3-5-12(8-11)16-13(19)10-18-7-6-15-17-18/h3-8,14H,2,9-10H2,1H3,(H,16,19). The minimum atomic E-state index is -0.119. The predicted octanol–water partition coefficient (Wildman–Crippen LogP) is 1.03. The number of nitrogens with one attached hydrogen (secondary N) is 2. The number of nitrogens with zero attached hydrogens (tertiary/aromatic N) is 3. The van der Waals surface area contributed by atoms with Crippen LogP contribution in [-0.4, -0.2) is 27.4 Å². The second kappa shape index (κ2) is 6.65. The molecule has 0 saturated carbocycles. The molecule has 0 spiro atoms. The van der Waals surface area contributed by atoms with E-state index in [0.717, 1.165) is 24.3 Å². The monoisotopic (exact) mass is 259 g/mol. The quantitative estimate of drug-likeness (QED) is 0.812. The minimum absolute atomic E-state index is 0.119. The third-order valence-electron chi connectivity index (χ3n) is 2.57. The Labute approximate surface area is 111 Å². The highest BCUT2D eigenvalue weighted by atomic mass is 16.2. The van der Waals surface area contributed by atoms with E-state index in [1.807, 2.05) is 24.3 Å². The van der Waals surface area contributed by atoms with Gasteiger partial charge >= 0.3 is 0 Å². The maximum Gasteiger partial charge on any atom is 0.246 e. The summed E-state index contributed by atoms with van der Waals surface area (Å²) in [5, 5.41) is 13.5. The molecule has 0 aliphatic rings. The van der Waals surface area contributed by atoms with Crippen molar-refractivity contribution < 1.29 is 4.79 Å². The van der Waals surface area contributed by atoms with E-state index < -0.39 is 0 Å². The molecule has 0 aliphatic heterocycles. The van der Waals surface area contributed by atoms with Gasteiger partial charge in [0.05, 0.1) is 6.20 Å². The highest BCUT2D eigenvalue weighted by Gasteiger charge is 2.04. The lowest BCUT2D eigenvalue weighted by molar-refractivity contribution is -0.116. The maximum absolute atomic E-state index is 11.8. The molecular weight excluding hydrogens is 242 g/mol. The van der Waals surface area contributed by atoms with E-state index in [9.17, 15) is 4.79 Å². The zero-order valence-corrected chi connectivity index (χ0v) is 10.8. The van der Waals surface area contributed by atoms with E-state index in [2.05, 4.69) is 27.9 Å². The summed E-state index contributed by atoms with van der Waals surface area (Å²) in [4.78, 5) is 11.8. The average molecular weight is 259 g/mol. The number of aromatic nitrogens is 3. The Bertz CT molecular complexity index is 524. The van der Waals surface area contributed by atoms with Crippen LogP contribution in [0.3, 0.4) is 0 Å². The van der Waals surface area contributed by atoms with Crippen LogP contribution >= 0.6 is 0 Å². The Morgan fingerprint density at radius 3 is 3.05 bits per heavy atom. The first kappa shape index (κ1) is 13.2. The molecule has 19 heavy (non-hydrogen) atoms. The topological polar surface area (TPSA) is 71.8 Å². The first-order chi connectivity index (χ1) is 9.28. The Kier molecular flexibility index (Phi) is 4.63. The second-order valence-corrected chi connectivity index (χ2v) is 4.13. The molecule has 2 aromatic rings. The number of anilines is 1. The third-order valence-corrected chi connectivity index (χ3v) is 2.57. The van der Waals surface area contributed by atoms with Crippen LogP contribution in [0.15, 0.2) is 36.7 Å². The van der Waals surface area contributed by atoms with Gasteiger partial charge in [0.25, 0.3) is 0 Å². The fourth-order valence-electron chi connectivity index (χ4n) is 1.69. The van der Waals surface area contributed by atoms with E-state index in [-0.39, 0.29) is 12.5 Å². The van der Waals surface area contributed by atoms with Gasteiger partial charge in [-0.25, -0.2) is 4.68 Å². The van der Waals surface area contributed by atoms with Gasteiger partial charge in [-0.2, -0.15) is 0 Å². The van der Waals surface area contributed by atoms with Crippen molar-refractivity contribution in [3.05, 3.63) is 42.2 Å². The van der Waals surface area contributed by atoms with Crippen molar-refractivity contribution in [3.63, 3.8) is 0 Å². The molecule has 6 nitrogen and oxygen atoms in total. The lowest BCUT2D eigenvalue weighted by Gasteiger charge is -2.07.